The van der Waals surface area contributed by atoms with Gasteiger partial charge < -0.3 is 42.0 Å². The van der Waals surface area contributed by atoms with Crippen LogP contribution < -0.4 is 21.7 Å². The lowest BCUT2D eigenvalue weighted by Gasteiger charge is -2.26. The predicted octanol–water partition coefficient (Wildman–Crippen LogP) is -1.30. The van der Waals surface area contributed by atoms with E-state index in [9.17, 15) is 34.2 Å². The number of benzene rings is 1. The van der Waals surface area contributed by atoms with Crippen molar-refractivity contribution in [3.05, 3.63) is 36.0 Å². The zero-order chi connectivity index (χ0) is 27.0. The number of fused-ring (bicyclic) bond motifs is 1. The Kier molecular flexibility index (Phi) is 9.93. The van der Waals surface area contributed by atoms with Gasteiger partial charge in [-0.2, -0.15) is 0 Å². The summed E-state index contributed by atoms with van der Waals surface area (Å²) in [6.07, 6.45) is 0.699. The van der Waals surface area contributed by atoms with Crippen LogP contribution in [0.1, 0.15) is 25.8 Å². The number of aliphatic carboxylic acids is 2. The molecule has 36 heavy (non-hydrogen) atoms. The van der Waals surface area contributed by atoms with Crippen molar-refractivity contribution < 1.29 is 39.3 Å². The number of nitrogens with one attached hydrogen (secondary N) is 4. The minimum atomic E-state index is -1.62. The fourth-order valence-corrected chi connectivity index (χ4v) is 3.52. The maximum Gasteiger partial charge on any atom is 0.326 e. The normalized spacial score (nSPS) is 14.5. The van der Waals surface area contributed by atoms with Crippen LogP contribution in [0.15, 0.2) is 30.5 Å². The Labute approximate surface area is 206 Å². The fourth-order valence-electron chi connectivity index (χ4n) is 3.52. The molecule has 2 rings (SSSR count). The summed E-state index contributed by atoms with van der Waals surface area (Å²) in [5.41, 5.74) is 6.86. The zero-order valence-corrected chi connectivity index (χ0v) is 19.9. The fraction of sp³-hybridized carbons (Fsp3) is 0.435. The molecule has 4 atom stereocenters. The van der Waals surface area contributed by atoms with Crippen molar-refractivity contribution in [3.8, 4) is 0 Å². The van der Waals surface area contributed by atoms with E-state index in [0.717, 1.165) is 10.9 Å². The van der Waals surface area contributed by atoms with E-state index in [1.165, 1.54) is 0 Å². The molecular weight excluding hydrogens is 474 g/mol. The molecule has 0 fully saturated rings. The molecule has 0 saturated heterocycles. The standard InChI is InChI=1S/C23H31N5O8/c1-11(2)19(28-20(32)14(24)10-29)22(34)26-16(8-18(30)31)21(33)27-17(23(35)36)7-12-9-25-15-6-4-3-5-13(12)15/h3-6,9,11,14,16-17,19,25,29H,7-8,10,24H2,1-2H3,(H,26,34)(H,27,33)(H,28,32)(H,30,31)(H,35,36). The van der Waals surface area contributed by atoms with Gasteiger partial charge in [-0.25, -0.2) is 4.79 Å². The number of nitrogens with two attached hydrogens (primary N) is 1. The van der Waals surface area contributed by atoms with Crippen molar-refractivity contribution in [2.75, 3.05) is 6.61 Å². The van der Waals surface area contributed by atoms with Crippen LogP contribution in [0.3, 0.4) is 0 Å². The molecule has 13 heteroatoms. The summed E-state index contributed by atoms with van der Waals surface area (Å²) < 4.78 is 0. The van der Waals surface area contributed by atoms with Crippen LogP contribution in [0, 0.1) is 5.92 Å². The Morgan fingerprint density at radius 2 is 1.58 bits per heavy atom. The maximum atomic E-state index is 12.9. The molecule has 0 aliphatic rings. The van der Waals surface area contributed by atoms with Gasteiger partial charge in [0, 0.05) is 23.5 Å². The van der Waals surface area contributed by atoms with E-state index in [0.29, 0.717) is 5.56 Å². The first kappa shape index (κ1) is 28.3. The molecule has 196 valence electrons. The molecular formula is C23H31N5O8. The van der Waals surface area contributed by atoms with Gasteiger partial charge in [0.1, 0.15) is 24.2 Å². The molecule has 0 aliphatic heterocycles. The van der Waals surface area contributed by atoms with Crippen LogP contribution >= 0.6 is 0 Å². The van der Waals surface area contributed by atoms with Gasteiger partial charge in [0.2, 0.25) is 17.7 Å². The minimum absolute atomic E-state index is 0.0947. The third kappa shape index (κ3) is 7.52. The molecule has 3 amide bonds. The number of carboxylic acid groups (broad SMARTS) is 2. The molecule has 4 unspecified atom stereocenters. The van der Waals surface area contributed by atoms with Crippen molar-refractivity contribution in [2.45, 2.75) is 50.9 Å². The first-order valence-corrected chi connectivity index (χ1v) is 11.2. The summed E-state index contributed by atoms with van der Waals surface area (Å²) in [4.78, 5) is 64.0. The second-order valence-electron chi connectivity index (χ2n) is 8.64. The lowest BCUT2D eigenvalue weighted by molar-refractivity contribution is -0.143. The number of aliphatic hydroxyl groups is 1. The molecule has 13 nitrogen and oxygen atoms in total. The number of rotatable bonds is 13. The van der Waals surface area contributed by atoms with Crippen LogP contribution in [0.25, 0.3) is 10.9 Å². The van der Waals surface area contributed by atoms with E-state index in [-0.39, 0.29) is 6.42 Å². The second kappa shape index (κ2) is 12.7. The minimum Gasteiger partial charge on any atom is -0.481 e. The van der Waals surface area contributed by atoms with Crippen molar-refractivity contribution in [1.82, 2.24) is 20.9 Å². The first-order valence-electron chi connectivity index (χ1n) is 11.2. The number of hydrogen-bond acceptors (Lipinski definition) is 7. The number of carboxylic acids is 2. The van der Waals surface area contributed by atoms with Crippen molar-refractivity contribution in [2.24, 2.45) is 11.7 Å². The Morgan fingerprint density at radius 1 is 0.944 bits per heavy atom. The largest absolute Gasteiger partial charge is 0.481 e. The molecule has 0 bridgehead atoms. The smallest absolute Gasteiger partial charge is 0.326 e. The van der Waals surface area contributed by atoms with Crippen LogP contribution in [-0.2, 0) is 30.4 Å². The monoisotopic (exact) mass is 505 g/mol. The van der Waals surface area contributed by atoms with Crippen LogP contribution in [0.4, 0.5) is 0 Å². The number of H-pyrrole nitrogens is 1. The molecule has 9 N–H and O–H groups in total. The van der Waals surface area contributed by atoms with E-state index in [1.54, 1.807) is 32.2 Å². The molecule has 1 aromatic carbocycles. The molecule has 0 aliphatic carbocycles. The van der Waals surface area contributed by atoms with Gasteiger partial charge >= 0.3 is 11.9 Å². The summed E-state index contributed by atoms with van der Waals surface area (Å²) in [5, 5.41) is 35.6. The topological polar surface area (TPSA) is 224 Å². The van der Waals surface area contributed by atoms with E-state index >= 15 is 0 Å². The summed E-state index contributed by atoms with van der Waals surface area (Å²) in [5.74, 6) is -5.93. The Morgan fingerprint density at radius 3 is 2.17 bits per heavy atom. The Hall–Kier alpha value is -3.97. The van der Waals surface area contributed by atoms with Crippen LogP contribution in [0.5, 0.6) is 0 Å². The van der Waals surface area contributed by atoms with Crippen LogP contribution in [-0.4, -0.2) is 80.7 Å². The SMILES string of the molecule is CC(C)C(NC(=O)C(N)CO)C(=O)NC(CC(=O)O)C(=O)NC(Cc1c[nH]c2ccccc12)C(=O)O. The van der Waals surface area contributed by atoms with Crippen molar-refractivity contribution in [1.29, 1.82) is 0 Å². The number of aromatic nitrogens is 1. The Balaban J connectivity index is 2.18. The van der Waals surface area contributed by atoms with Gasteiger partial charge in [0.05, 0.1) is 13.0 Å². The average Bonchev–Trinajstić information content (AvgIpc) is 3.22. The number of carbonyl (C=O) groups excluding carboxylic acids is 3. The molecule has 1 heterocycles. The molecule has 0 saturated carbocycles. The van der Waals surface area contributed by atoms with E-state index in [4.69, 9.17) is 10.8 Å². The summed E-state index contributed by atoms with van der Waals surface area (Å²) >= 11 is 0. The van der Waals surface area contributed by atoms with Crippen molar-refractivity contribution >= 4 is 40.6 Å². The number of amides is 3. The predicted molar refractivity (Wildman–Crippen MR) is 128 cm³/mol. The number of hydrogen-bond donors (Lipinski definition) is 8. The van der Waals surface area contributed by atoms with E-state index < -0.39 is 72.8 Å². The highest BCUT2D eigenvalue weighted by atomic mass is 16.4. The highest BCUT2D eigenvalue weighted by Gasteiger charge is 2.33. The molecule has 0 radical (unpaired) electrons. The van der Waals surface area contributed by atoms with E-state index in [2.05, 4.69) is 20.9 Å². The molecule has 0 spiro atoms. The van der Waals surface area contributed by atoms with Gasteiger partial charge in [-0.3, -0.25) is 19.2 Å². The van der Waals surface area contributed by atoms with Gasteiger partial charge in [-0.1, -0.05) is 32.0 Å². The summed E-state index contributed by atoms with van der Waals surface area (Å²) in [7, 11) is 0. The third-order valence-corrected chi connectivity index (χ3v) is 5.51. The number of aliphatic hydroxyl groups excluding tert-OH is 1. The zero-order valence-electron chi connectivity index (χ0n) is 19.9. The lowest BCUT2D eigenvalue weighted by atomic mass is 10.0. The highest BCUT2D eigenvalue weighted by Crippen LogP contribution is 2.19. The first-order chi connectivity index (χ1) is 16.9. The van der Waals surface area contributed by atoms with E-state index in [1.807, 2.05) is 12.1 Å². The molecule has 2 aromatic rings. The lowest BCUT2D eigenvalue weighted by Crippen LogP contribution is -2.59. The van der Waals surface area contributed by atoms with Gasteiger partial charge in [-0.05, 0) is 17.5 Å². The number of aromatic amines is 1. The highest BCUT2D eigenvalue weighted by molar-refractivity contribution is 5.96. The van der Waals surface area contributed by atoms with Gasteiger partial charge in [0.25, 0.3) is 0 Å². The van der Waals surface area contributed by atoms with Crippen molar-refractivity contribution in [3.63, 3.8) is 0 Å². The third-order valence-electron chi connectivity index (χ3n) is 5.51. The van der Waals surface area contributed by atoms with Crippen LogP contribution in [0.2, 0.25) is 0 Å². The quantitative estimate of drug-likeness (QED) is 0.162. The number of para-hydroxylation sites is 1. The molecule has 1 aromatic heterocycles. The maximum absolute atomic E-state index is 12.9. The summed E-state index contributed by atoms with van der Waals surface area (Å²) in [6, 6.07) is 1.68. The second-order valence-corrected chi connectivity index (χ2v) is 8.64. The van der Waals surface area contributed by atoms with Gasteiger partial charge in [0.15, 0.2) is 0 Å². The number of carbonyl (C=O) groups is 5. The summed E-state index contributed by atoms with van der Waals surface area (Å²) in [6.45, 7) is 2.54. The van der Waals surface area contributed by atoms with Gasteiger partial charge in [-0.15, -0.1) is 0 Å². The Bertz CT molecular complexity index is 1110. The average molecular weight is 506 g/mol.